The van der Waals surface area contributed by atoms with Crippen LogP contribution in [0.15, 0.2) is 54.6 Å². The van der Waals surface area contributed by atoms with Crippen LogP contribution in [0.3, 0.4) is 0 Å². The Labute approximate surface area is 123 Å². The smallest absolute Gasteiger partial charge is 0.408 e. The van der Waals surface area contributed by atoms with Crippen molar-refractivity contribution in [2.24, 2.45) is 0 Å². The molecule has 1 fully saturated rings. The maximum absolute atomic E-state index is 11.3. The molecule has 0 bridgehead atoms. The molecular weight excluding hydrogens is 266 g/mol. The molecule has 4 heteroatoms. The average Bonchev–Trinajstić information content (AvgIpc) is 2.85. The van der Waals surface area contributed by atoms with E-state index >= 15 is 0 Å². The quantitative estimate of drug-likeness (QED) is 0.935. The molecule has 4 nitrogen and oxygen atoms in total. The number of carbonyl (C=O) groups is 1. The maximum Gasteiger partial charge on any atom is 0.408 e. The minimum atomic E-state index is -0.372. The van der Waals surface area contributed by atoms with Crippen LogP contribution in [0.4, 0.5) is 4.79 Å². The summed E-state index contributed by atoms with van der Waals surface area (Å²) in [6, 6.07) is 17.6. The molecule has 1 aliphatic rings. The van der Waals surface area contributed by atoms with Gasteiger partial charge in [0.15, 0.2) is 0 Å². The molecule has 0 radical (unpaired) electrons. The van der Waals surface area contributed by atoms with E-state index in [4.69, 9.17) is 9.47 Å². The molecule has 2 atom stereocenters. The monoisotopic (exact) mass is 283 g/mol. The van der Waals surface area contributed by atoms with E-state index in [1.54, 1.807) is 0 Å². The van der Waals surface area contributed by atoms with E-state index in [9.17, 15) is 4.79 Å². The molecule has 2 unspecified atom stereocenters. The Balaban J connectivity index is 1.70. The summed E-state index contributed by atoms with van der Waals surface area (Å²) in [5.41, 5.74) is 2.05. The highest BCUT2D eigenvalue weighted by molar-refractivity contribution is 5.70. The Morgan fingerprint density at radius 3 is 2.67 bits per heavy atom. The van der Waals surface area contributed by atoms with Gasteiger partial charge >= 0.3 is 6.09 Å². The molecule has 1 saturated heterocycles. The Bertz CT molecular complexity index is 627. The van der Waals surface area contributed by atoms with E-state index in [1.807, 2.05) is 61.5 Å². The number of hydrogen-bond acceptors (Lipinski definition) is 3. The van der Waals surface area contributed by atoms with Crippen molar-refractivity contribution in [1.82, 2.24) is 5.32 Å². The van der Waals surface area contributed by atoms with E-state index in [-0.39, 0.29) is 18.2 Å². The minimum absolute atomic E-state index is 0.0399. The van der Waals surface area contributed by atoms with Crippen LogP contribution in [-0.4, -0.2) is 12.1 Å². The molecule has 21 heavy (non-hydrogen) atoms. The van der Waals surface area contributed by atoms with E-state index in [2.05, 4.69) is 5.32 Å². The molecular formula is C17H17NO3. The first-order chi connectivity index (χ1) is 10.2. The second kappa shape index (κ2) is 5.87. The third kappa shape index (κ3) is 3.16. The van der Waals surface area contributed by atoms with E-state index in [0.29, 0.717) is 6.61 Å². The van der Waals surface area contributed by atoms with Crippen LogP contribution in [0.25, 0.3) is 0 Å². The van der Waals surface area contributed by atoms with Gasteiger partial charge < -0.3 is 14.8 Å². The van der Waals surface area contributed by atoms with Crippen molar-refractivity contribution in [2.45, 2.75) is 25.7 Å². The fraction of sp³-hybridized carbons (Fsp3) is 0.235. The highest BCUT2D eigenvalue weighted by Gasteiger charge is 2.31. The van der Waals surface area contributed by atoms with E-state index in [0.717, 1.165) is 16.9 Å². The normalized spacial score (nSPS) is 20.7. The molecule has 0 spiro atoms. The van der Waals surface area contributed by atoms with Crippen molar-refractivity contribution in [1.29, 1.82) is 0 Å². The molecule has 1 aliphatic heterocycles. The molecule has 1 N–H and O–H groups in total. The van der Waals surface area contributed by atoms with Crippen molar-refractivity contribution in [3.05, 3.63) is 65.7 Å². The molecule has 2 aromatic rings. The fourth-order valence-electron chi connectivity index (χ4n) is 2.39. The zero-order chi connectivity index (χ0) is 14.7. The van der Waals surface area contributed by atoms with Gasteiger partial charge in [-0.05, 0) is 30.2 Å². The van der Waals surface area contributed by atoms with Crippen LogP contribution >= 0.6 is 0 Å². The highest BCUT2D eigenvalue weighted by Crippen LogP contribution is 2.28. The van der Waals surface area contributed by atoms with Crippen molar-refractivity contribution in [3.63, 3.8) is 0 Å². The summed E-state index contributed by atoms with van der Waals surface area (Å²) in [4.78, 5) is 11.3. The summed E-state index contributed by atoms with van der Waals surface area (Å²) in [5.74, 6) is 0.770. The van der Waals surface area contributed by atoms with Gasteiger partial charge in [0.25, 0.3) is 0 Å². The van der Waals surface area contributed by atoms with Gasteiger partial charge in [0.2, 0.25) is 0 Å². The predicted octanol–water partition coefficient (Wildman–Crippen LogP) is 3.44. The van der Waals surface area contributed by atoms with Crippen LogP contribution in [0.2, 0.25) is 0 Å². The minimum Gasteiger partial charge on any atom is -0.489 e. The number of alkyl carbamates (subject to hydrolysis) is 1. The SMILES string of the molecule is CC1NC(=O)OC1c1cccc(OCc2ccccc2)c1. The zero-order valence-corrected chi connectivity index (χ0v) is 11.8. The maximum atomic E-state index is 11.3. The second-order valence-corrected chi connectivity index (χ2v) is 5.11. The average molecular weight is 283 g/mol. The molecule has 1 amide bonds. The first-order valence-corrected chi connectivity index (χ1v) is 6.96. The van der Waals surface area contributed by atoms with Crippen molar-refractivity contribution in [2.75, 3.05) is 0 Å². The molecule has 3 rings (SSSR count). The third-order valence-corrected chi connectivity index (χ3v) is 3.47. The lowest BCUT2D eigenvalue weighted by Gasteiger charge is -2.14. The van der Waals surface area contributed by atoms with Crippen LogP contribution in [0.1, 0.15) is 24.2 Å². The molecule has 0 saturated carbocycles. The van der Waals surface area contributed by atoms with Crippen LogP contribution in [-0.2, 0) is 11.3 Å². The Hall–Kier alpha value is -2.49. The number of hydrogen-bond donors (Lipinski definition) is 1. The van der Waals surface area contributed by atoms with Gasteiger partial charge in [0.05, 0.1) is 6.04 Å². The number of rotatable bonds is 4. The van der Waals surface area contributed by atoms with Crippen LogP contribution in [0.5, 0.6) is 5.75 Å². The Morgan fingerprint density at radius 1 is 1.14 bits per heavy atom. The first-order valence-electron chi connectivity index (χ1n) is 6.96. The van der Waals surface area contributed by atoms with E-state index < -0.39 is 0 Å². The summed E-state index contributed by atoms with van der Waals surface area (Å²) in [5, 5.41) is 2.74. The van der Waals surface area contributed by atoms with Crippen molar-refractivity contribution >= 4 is 6.09 Å². The predicted molar refractivity (Wildman–Crippen MR) is 79.0 cm³/mol. The first kappa shape index (κ1) is 13.5. The number of cyclic esters (lactones) is 1. The lowest BCUT2D eigenvalue weighted by Crippen LogP contribution is -2.23. The van der Waals surface area contributed by atoms with Gasteiger partial charge in [0, 0.05) is 0 Å². The molecule has 2 aromatic carbocycles. The topological polar surface area (TPSA) is 47.6 Å². The molecule has 1 heterocycles. The highest BCUT2D eigenvalue weighted by atomic mass is 16.6. The molecule has 0 aliphatic carbocycles. The van der Waals surface area contributed by atoms with Crippen LogP contribution < -0.4 is 10.1 Å². The summed E-state index contributed by atoms with van der Waals surface area (Å²) in [7, 11) is 0. The molecule has 0 aromatic heterocycles. The summed E-state index contributed by atoms with van der Waals surface area (Å²) < 4.78 is 11.1. The summed E-state index contributed by atoms with van der Waals surface area (Å²) >= 11 is 0. The van der Waals surface area contributed by atoms with E-state index in [1.165, 1.54) is 0 Å². The fourth-order valence-corrected chi connectivity index (χ4v) is 2.39. The largest absolute Gasteiger partial charge is 0.489 e. The standard InChI is InChI=1S/C17H17NO3/c1-12-16(21-17(19)18-12)14-8-5-9-15(10-14)20-11-13-6-3-2-4-7-13/h2-10,12,16H,11H2,1H3,(H,18,19). The second-order valence-electron chi connectivity index (χ2n) is 5.11. The third-order valence-electron chi connectivity index (χ3n) is 3.47. The summed E-state index contributed by atoms with van der Waals surface area (Å²) in [6.45, 7) is 2.44. The lowest BCUT2D eigenvalue weighted by atomic mass is 10.0. The van der Waals surface area contributed by atoms with Gasteiger partial charge in [-0.3, -0.25) is 0 Å². The number of ether oxygens (including phenoxy) is 2. The van der Waals surface area contributed by atoms with Gasteiger partial charge in [-0.1, -0.05) is 42.5 Å². The Morgan fingerprint density at radius 2 is 1.95 bits per heavy atom. The van der Waals surface area contributed by atoms with Crippen LogP contribution in [0, 0.1) is 0 Å². The number of nitrogens with one attached hydrogen (secondary N) is 1. The number of benzene rings is 2. The molecule has 108 valence electrons. The van der Waals surface area contributed by atoms with Crippen molar-refractivity contribution < 1.29 is 14.3 Å². The van der Waals surface area contributed by atoms with Gasteiger partial charge in [-0.2, -0.15) is 0 Å². The summed E-state index contributed by atoms with van der Waals surface area (Å²) in [6.07, 6.45) is -0.638. The lowest BCUT2D eigenvalue weighted by molar-refractivity contribution is 0.133. The Kier molecular flexibility index (Phi) is 3.77. The number of amides is 1. The van der Waals surface area contributed by atoms with Crippen molar-refractivity contribution in [3.8, 4) is 5.75 Å². The van der Waals surface area contributed by atoms with Gasteiger partial charge in [0.1, 0.15) is 18.5 Å². The number of carbonyl (C=O) groups excluding carboxylic acids is 1. The zero-order valence-electron chi connectivity index (χ0n) is 11.8. The van der Waals surface area contributed by atoms with Gasteiger partial charge in [-0.15, -0.1) is 0 Å². The van der Waals surface area contributed by atoms with Gasteiger partial charge in [-0.25, -0.2) is 4.79 Å².